The molecule has 2 rings (SSSR count). The number of anilines is 1. The number of rotatable bonds is 4. The minimum absolute atomic E-state index is 0.183. The molecule has 0 radical (unpaired) electrons. The van der Waals surface area contributed by atoms with Gasteiger partial charge in [0.15, 0.2) is 0 Å². The number of carbonyl (C=O) groups excluding carboxylic acids is 1. The number of nitrogens with one attached hydrogen (secondary N) is 1. The van der Waals surface area contributed by atoms with Crippen LogP contribution in [0.5, 0.6) is 0 Å². The van der Waals surface area contributed by atoms with Crippen molar-refractivity contribution >= 4 is 11.7 Å². The Morgan fingerprint density at radius 3 is 2.55 bits per heavy atom. The standard InChI is InChI=1S/C15H16FN3O/c1-10(14(17)11-6-3-2-4-7-11)15(20)19-13-9-5-8-12(16)18-13/h2-10,14H,17H2,1H3,(H,18,19,20). The zero-order valence-electron chi connectivity index (χ0n) is 11.1. The molecule has 20 heavy (non-hydrogen) atoms. The number of nitrogens with two attached hydrogens (primary N) is 1. The van der Waals surface area contributed by atoms with E-state index in [1.165, 1.54) is 18.2 Å². The lowest BCUT2D eigenvalue weighted by Crippen LogP contribution is -2.30. The van der Waals surface area contributed by atoms with Crippen molar-refractivity contribution in [3.63, 3.8) is 0 Å². The Morgan fingerprint density at radius 2 is 1.90 bits per heavy atom. The molecule has 0 fully saturated rings. The van der Waals surface area contributed by atoms with Crippen LogP contribution in [-0.2, 0) is 4.79 Å². The van der Waals surface area contributed by atoms with Gasteiger partial charge in [-0.1, -0.05) is 43.3 Å². The van der Waals surface area contributed by atoms with Crippen LogP contribution < -0.4 is 11.1 Å². The predicted molar refractivity (Wildman–Crippen MR) is 75.4 cm³/mol. The Balaban J connectivity index is 2.05. The van der Waals surface area contributed by atoms with Gasteiger partial charge in [-0.05, 0) is 17.7 Å². The molecule has 0 saturated carbocycles. The maximum atomic E-state index is 13.0. The maximum absolute atomic E-state index is 13.0. The smallest absolute Gasteiger partial charge is 0.230 e. The summed E-state index contributed by atoms with van der Waals surface area (Å²) in [6.07, 6.45) is 0. The highest BCUT2D eigenvalue weighted by Crippen LogP contribution is 2.20. The highest BCUT2D eigenvalue weighted by molar-refractivity contribution is 5.91. The van der Waals surface area contributed by atoms with Crippen LogP contribution in [0.4, 0.5) is 10.2 Å². The number of pyridine rings is 1. The van der Waals surface area contributed by atoms with Crippen LogP contribution in [0, 0.1) is 11.9 Å². The van der Waals surface area contributed by atoms with Crippen molar-refractivity contribution in [1.29, 1.82) is 0 Å². The van der Waals surface area contributed by atoms with Crippen LogP contribution in [-0.4, -0.2) is 10.9 Å². The van der Waals surface area contributed by atoms with Gasteiger partial charge in [0.05, 0.1) is 5.92 Å². The van der Waals surface area contributed by atoms with Crippen molar-refractivity contribution in [2.45, 2.75) is 13.0 Å². The molecule has 4 nitrogen and oxygen atoms in total. The fraction of sp³-hybridized carbons (Fsp3) is 0.200. The Labute approximate surface area is 116 Å². The van der Waals surface area contributed by atoms with Gasteiger partial charge in [0, 0.05) is 6.04 Å². The fourth-order valence-electron chi connectivity index (χ4n) is 1.84. The SMILES string of the molecule is CC(C(=O)Nc1cccc(F)n1)C(N)c1ccccc1. The van der Waals surface area contributed by atoms with Crippen molar-refractivity contribution in [2.24, 2.45) is 11.7 Å². The molecule has 104 valence electrons. The number of amides is 1. The zero-order chi connectivity index (χ0) is 14.5. The molecule has 0 aliphatic rings. The normalized spacial score (nSPS) is 13.6. The van der Waals surface area contributed by atoms with E-state index in [1.54, 1.807) is 6.92 Å². The molecule has 1 aromatic heterocycles. The number of hydrogen-bond donors (Lipinski definition) is 2. The molecule has 1 heterocycles. The Kier molecular flexibility index (Phi) is 4.42. The molecular formula is C15H16FN3O. The molecule has 0 spiro atoms. The van der Waals surface area contributed by atoms with E-state index in [2.05, 4.69) is 10.3 Å². The lowest BCUT2D eigenvalue weighted by molar-refractivity contribution is -0.120. The summed E-state index contributed by atoms with van der Waals surface area (Å²) in [6, 6.07) is 13.2. The van der Waals surface area contributed by atoms with Crippen molar-refractivity contribution in [3.05, 3.63) is 60.0 Å². The van der Waals surface area contributed by atoms with E-state index in [0.29, 0.717) is 0 Å². The van der Waals surface area contributed by atoms with E-state index < -0.39 is 17.9 Å². The Hall–Kier alpha value is -2.27. The number of benzene rings is 1. The minimum atomic E-state index is -0.636. The summed E-state index contributed by atoms with van der Waals surface area (Å²) in [7, 11) is 0. The third-order valence-corrected chi connectivity index (χ3v) is 3.10. The fourth-order valence-corrected chi connectivity index (χ4v) is 1.84. The molecule has 1 amide bonds. The van der Waals surface area contributed by atoms with E-state index in [9.17, 15) is 9.18 Å². The third kappa shape index (κ3) is 3.39. The van der Waals surface area contributed by atoms with Crippen LogP contribution in [0.1, 0.15) is 18.5 Å². The molecular weight excluding hydrogens is 257 g/mol. The van der Waals surface area contributed by atoms with Crippen LogP contribution in [0.2, 0.25) is 0 Å². The van der Waals surface area contributed by atoms with Gasteiger partial charge < -0.3 is 11.1 Å². The summed E-state index contributed by atoms with van der Waals surface area (Å²) in [6.45, 7) is 1.73. The van der Waals surface area contributed by atoms with Gasteiger partial charge in [0.2, 0.25) is 11.9 Å². The second kappa shape index (κ2) is 6.25. The first-order chi connectivity index (χ1) is 9.58. The van der Waals surface area contributed by atoms with Gasteiger partial charge >= 0.3 is 0 Å². The lowest BCUT2D eigenvalue weighted by Gasteiger charge is -2.19. The summed E-state index contributed by atoms with van der Waals surface area (Å²) in [4.78, 5) is 15.7. The summed E-state index contributed by atoms with van der Waals surface area (Å²) >= 11 is 0. The topological polar surface area (TPSA) is 68.0 Å². The average molecular weight is 273 g/mol. The highest BCUT2D eigenvalue weighted by atomic mass is 19.1. The quantitative estimate of drug-likeness (QED) is 0.841. The van der Waals surface area contributed by atoms with Gasteiger partial charge in [0.25, 0.3) is 0 Å². The summed E-state index contributed by atoms with van der Waals surface area (Å²) in [5.41, 5.74) is 6.94. The van der Waals surface area contributed by atoms with Crippen molar-refractivity contribution < 1.29 is 9.18 Å². The van der Waals surface area contributed by atoms with Gasteiger partial charge in [-0.15, -0.1) is 0 Å². The van der Waals surface area contributed by atoms with Crippen molar-refractivity contribution in [3.8, 4) is 0 Å². The molecule has 3 N–H and O–H groups in total. The molecule has 2 unspecified atom stereocenters. The molecule has 1 aromatic carbocycles. The second-order valence-corrected chi connectivity index (χ2v) is 4.56. The Bertz CT molecular complexity index is 589. The third-order valence-electron chi connectivity index (χ3n) is 3.10. The van der Waals surface area contributed by atoms with E-state index in [1.807, 2.05) is 30.3 Å². The first kappa shape index (κ1) is 14.1. The Morgan fingerprint density at radius 1 is 1.20 bits per heavy atom. The monoisotopic (exact) mass is 273 g/mol. The lowest BCUT2D eigenvalue weighted by atomic mass is 9.95. The number of hydrogen-bond acceptors (Lipinski definition) is 3. The number of halogens is 1. The molecule has 0 bridgehead atoms. The predicted octanol–water partition coefficient (Wildman–Crippen LogP) is 2.50. The molecule has 2 aromatic rings. The minimum Gasteiger partial charge on any atom is -0.323 e. The van der Waals surface area contributed by atoms with Crippen molar-refractivity contribution in [2.75, 3.05) is 5.32 Å². The molecule has 5 heteroatoms. The number of carbonyl (C=O) groups is 1. The highest BCUT2D eigenvalue weighted by Gasteiger charge is 2.22. The van der Waals surface area contributed by atoms with E-state index in [-0.39, 0.29) is 11.7 Å². The first-order valence-corrected chi connectivity index (χ1v) is 6.32. The second-order valence-electron chi connectivity index (χ2n) is 4.56. The molecule has 2 atom stereocenters. The number of aromatic nitrogens is 1. The van der Waals surface area contributed by atoms with E-state index >= 15 is 0 Å². The van der Waals surface area contributed by atoms with Gasteiger partial charge in [-0.25, -0.2) is 4.98 Å². The van der Waals surface area contributed by atoms with Crippen LogP contribution in [0.25, 0.3) is 0 Å². The molecule has 0 saturated heterocycles. The van der Waals surface area contributed by atoms with Crippen LogP contribution >= 0.6 is 0 Å². The average Bonchev–Trinajstić information content (AvgIpc) is 2.46. The maximum Gasteiger partial charge on any atom is 0.230 e. The van der Waals surface area contributed by atoms with Gasteiger partial charge in [-0.2, -0.15) is 4.39 Å². The summed E-state index contributed by atoms with van der Waals surface area (Å²) in [5.74, 6) is -1.20. The van der Waals surface area contributed by atoms with Crippen LogP contribution in [0.3, 0.4) is 0 Å². The molecule has 0 aliphatic carbocycles. The molecule has 0 aliphatic heterocycles. The van der Waals surface area contributed by atoms with Crippen molar-refractivity contribution in [1.82, 2.24) is 4.98 Å². The summed E-state index contributed by atoms with van der Waals surface area (Å²) in [5, 5.41) is 2.56. The zero-order valence-corrected chi connectivity index (χ0v) is 11.1. The first-order valence-electron chi connectivity index (χ1n) is 6.32. The van der Waals surface area contributed by atoms with E-state index in [0.717, 1.165) is 5.56 Å². The van der Waals surface area contributed by atoms with Crippen LogP contribution in [0.15, 0.2) is 48.5 Å². The number of nitrogens with zero attached hydrogens (tertiary/aromatic N) is 1. The largest absolute Gasteiger partial charge is 0.323 e. The summed E-state index contributed by atoms with van der Waals surface area (Å²) < 4.78 is 13.0. The van der Waals surface area contributed by atoms with E-state index in [4.69, 9.17) is 5.73 Å². The van der Waals surface area contributed by atoms with Gasteiger partial charge in [0.1, 0.15) is 5.82 Å². The van der Waals surface area contributed by atoms with Gasteiger partial charge in [-0.3, -0.25) is 4.79 Å².